The molecular formula is C11H15N3O3S2. The third kappa shape index (κ3) is 2.76. The van der Waals surface area contributed by atoms with E-state index in [2.05, 4.69) is 8.73 Å². The van der Waals surface area contributed by atoms with Gasteiger partial charge in [0.25, 0.3) is 0 Å². The summed E-state index contributed by atoms with van der Waals surface area (Å²) in [5.74, 6) is 0. The minimum absolute atomic E-state index is 0.0333. The van der Waals surface area contributed by atoms with Gasteiger partial charge in [-0.25, -0.2) is 8.42 Å². The molecule has 0 spiro atoms. The number of hydrogen-bond donors (Lipinski definition) is 1. The number of nitrogens with zero attached hydrogens (tertiary/aromatic N) is 3. The molecule has 6 nitrogen and oxygen atoms in total. The van der Waals surface area contributed by atoms with Crippen LogP contribution >= 0.6 is 0 Å². The van der Waals surface area contributed by atoms with E-state index in [1.165, 1.54) is 4.31 Å². The topological polar surface area (TPSA) is 82.3 Å². The van der Waals surface area contributed by atoms with Gasteiger partial charge in [-0.2, -0.15) is 13.0 Å². The van der Waals surface area contributed by atoms with Crippen molar-refractivity contribution in [3.05, 3.63) is 18.2 Å². The molecule has 0 saturated heterocycles. The highest BCUT2D eigenvalue weighted by Gasteiger charge is 2.27. The molecule has 8 heteroatoms. The third-order valence-electron chi connectivity index (χ3n) is 2.79. The van der Waals surface area contributed by atoms with Gasteiger partial charge in [-0.1, -0.05) is 13.0 Å². The van der Waals surface area contributed by atoms with E-state index in [0.717, 1.165) is 11.4 Å². The van der Waals surface area contributed by atoms with E-state index < -0.39 is 10.0 Å². The van der Waals surface area contributed by atoms with Gasteiger partial charge in [0.1, 0.15) is 16.3 Å². The van der Waals surface area contributed by atoms with Crippen LogP contribution in [0, 0.1) is 0 Å². The van der Waals surface area contributed by atoms with Crippen molar-refractivity contribution in [2.45, 2.75) is 18.2 Å². The first-order valence-electron chi connectivity index (χ1n) is 5.93. The summed E-state index contributed by atoms with van der Waals surface area (Å²) in [6, 6.07) is 4.94. The monoisotopic (exact) mass is 301 g/mol. The van der Waals surface area contributed by atoms with Crippen molar-refractivity contribution in [2.75, 3.05) is 19.7 Å². The minimum Gasteiger partial charge on any atom is -0.396 e. The maximum absolute atomic E-state index is 12.6. The molecule has 0 aliphatic carbocycles. The Labute approximate surface area is 116 Å². The Bertz CT molecular complexity index is 637. The number of rotatable bonds is 6. The maximum atomic E-state index is 12.6. The van der Waals surface area contributed by atoms with E-state index in [0.29, 0.717) is 30.9 Å². The Morgan fingerprint density at radius 2 is 2.16 bits per heavy atom. The lowest BCUT2D eigenvalue weighted by atomic mass is 10.3. The van der Waals surface area contributed by atoms with Gasteiger partial charge in [0.05, 0.1) is 11.4 Å². The van der Waals surface area contributed by atoms with Crippen molar-refractivity contribution in [3.63, 3.8) is 0 Å². The molecule has 1 N–H and O–H groups in total. The maximum Gasteiger partial charge on any atom is 0.245 e. The first kappa shape index (κ1) is 14.3. The lowest BCUT2D eigenvalue weighted by Gasteiger charge is -2.20. The molecule has 1 aliphatic heterocycles. The van der Waals surface area contributed by atoms with E-state index in [1.54, 1.807) is 25.1 Å². The molecule has 1 heterocycles. The summed E-state index contributed by atoms with van der Waals surface area (Å²) >= 11 is 0.997. The summed E-state index contributed by atoms with van der Waals surface area (Å²) in [5.41, 5.74) is 0.999. The summed E-state index contributed by atoms with van der Waals surface area (Å²) < 4.78 is 34.6. The lowest BCUT2D eigenvalue weighted by Crippen LogP contribution is -2.32. The molecule has 1 aliphatic rings. The number of fused-ring (bicyclic) bond motifs is 1. The summed E-state index contributed by atoms with van der Waals surface area (Å²) in [7, 11) is -3.59. The molecule has 1 aromatic carbocycles. The highest BCUT2D eigenvalue weighted by molar-refractivity contribution is 7.89. The molecule has 0 atom stereocenters. The van der Waals surface area contributed by atoms with Gasteiger partial charge < -0.3 is 5.11 Å². The Balaban J connectivity index is 2.40. The van der Waals surface area contributed by atoms with Crippen LogP contribution in [0.2, 0.25) is 0 Å². The summed E-state index contributed by atoms with van der Waals surface area (Å²) in [6.07, 6.45) is 0.415. The zero-order chi connectivity index (χ0) is 13.9. The average Bonchev–Trinajstić information content (AvgIpc) is 2.87. The van der Waals surface area contributed by atoms with Crippen LogP contribution in [0.25, 0.3) is 0 Å². The van der Waals surface area contributed by atoms with Gasteiger partial charge >= 0.3 is 0 Å². The largest absolute Gasteiger partial charge is 0.396 e. The van der Waals surface area contributed by atoms with E-state index in [1.807, 2.05) is 0 Å². The fourth-order valence-corrected chi connectivity index (χ4v) is 4.06. The van der Waals surface area contributed by atoms with E-state index in [-0.39, 0.29) is 11.5 Å². The van der Waals surface area contributed by atoms with Crippen LogP contribution in [0.3, 0.4) is 0 Å². The van der Waals surface area contributed by atoms with Gasteiger partial charge in [0.15, 0.2) is 0 Å². The molecule has 0 bridgehead atoms. The van der Waals surface area contributed by atoms with Crippen molar-refractivity contribution >= 4 is 32.8 Å². The standard InChI is InChI=1S/C11H15N3O3S2/c1-2-14(7-4-8-15)19(16,17)10-6-3-5-9-11(10)13-18-12-9/h3,5-6,15H,2,4,7-8H2,1H3. The van der Waals surface area contributed by atoms with E-state index >= 15 is 0 Å². The Kier molecular flexibility index (Phi) is 4.46. The van der Waals surface area contributed by atoms with Crippen LogP contribution in [0.4, 0.5) is 11.4 Å². The molecule has 0 amide bonds. The van der Waals surface area contributed by atoms with Crippen LogP contribution in [0.15, 0.2) is 31.8 Å². The first-order valence-corrected chi connectivity index (χ1v) is 8.10. The zero-order valence-corrected chi connectivity index (χ0v) is 12.1. The minimum atomic E-state index is -3.59. The number of hydrogen-bond acceptors (Lipinski definition) is 5. The van der Waals surface area contributed by atoms with Gasteiger partial charge in [0.2, 0.25) is 10.0 Å². The molecule has 0 aromatic heterocycles. The van der Waals surface area contributed by atoms with Crippen molar-refractivity contribution in [3.8, 4) is 0 Å². The number of sulfonamides is 1. The number of benzene rings is 1. The Morgan fingerprint density at radius 3 is 2.84 bits per heavy atom. The molecule has 0 saturated carbocycles. The molecule has 0 fully saturated rings. The fraction of sp³-hybridized carbons (Fsp3) is 0.455. The molecule has 0 radical (unpaired) electrons. The van der Waals surface area contributed by atoms with Crippen molar-refractivity contribution in [1.29, 1.82) is 0 Å². The normalized spacial score (nSPS) is 13.6. The molecule has 19 heavy (non-hydrogen) atoms. The number of aliphatic hydroxyl groups is 1. The van der Waals surface area contributed by atoms with Crippen LogP contribution in [0.1, 0.15) is 13.3 Å². The van der Waals surface area contributed by atoms with Crippen molar-refractivity contribution in [2.24, 2.45) is 8.73 Å². The summed E-state index contributed by atoms with van der Waals surface area (Å²) in [4.78, 5) is 0.179. The van der Waals surface area contributed by atoms with E-state index in [9.17, 15) is 8.42 Å². The fourth-order valence-electron chi connectivity index (χ4n) is 1.82. The second-order valence-electron chi connectivity index (χ2n) is 3.96. The highest BCUT2D eigenvalue weighted by Crippen LogP contribution is 2.38. The van der Waals surface area contributed by atoms with Gasteiger partial charge in [-0.3, -0.25) is 0 Å². The lowest BCUT2D eigenvalue weighted by molar-refractivity contribution is 0.271. The molecule has 0 unspecified atom stereocenters. The van der Waals surface area contributed by atoms with Crippen LogP contribution in [-0.2, 0) is 21.4 Å². The SMILES string of the molecule is CCN(CCCO)S(=O)(=O)c1cccc2c1N=S=N2. The average molecular weight is 301 g/mol. The third-order valence-corrected chi connectivity index (χ3v) is 5.33. The molecular weight excluding hydrogens is 286 g/mol. The summed E-state index contributed by atoms with van der Waals surface area (Å²) in [5, 5.41) is 8.84. The van der Waals surface area contributed by atoms with Crippen molar-refractivity contribution < 1.29 is 13.5 Å². The van der Waals surface area contributed by atoms with Gasteiger partial charge in [-0.05, 0) is 18.6 Å². The quantitative estimate of drug-likeness (QED) is 0.883. The smallest absolute Gasteiger partial charge is 0.245 e. The van der Waals surface area contributed by atoms with E-state index in [4.69, 9.17) is 5.11 Å². The molecule has 1 aromatic rings. The number of aliphatic hydroxyl groups excluding tert-OH is 1. The predicted molar refractivity (Wildman–Crippen MR) is 74.1 cm³/mol. The van der Waals surface area contributed by atoms with Crippen LogP contribution < -0.4 is 0 Å². The Hall–Kier alpha value is -1.09. The molecule has 104 valence electrons. The van der Waals surface area contributed by atoms with Crippen LogP contribution in [0.5, 0.6) is 0 Å². The van der Waals surface area contributed by atoms with Gasteiger partial charge in [0, 0.05) is 19.7 Å². The second kappa shape index (κ2) is 5.91. The highest BCUT2D eigenvalue weighted by atomic mass is 32.2. The second-order valence-corrected chi connectivity index (χ2v) is 6.40. The molecule has 2 rings (SSSR count). The van der Waals surface area contributed by atoms with Crippen molar-refractivity contribution in [1.82, 2.24) is 4.31 Å². The summed E-state index contributed by atoms with van der Waals surface area (Å²) in [6.45, 7) is 2.39. The van der Waals surface area contributed by atoms with Crippen LogP contribution in [-0.4, -0.2) is 37.5 Å². The zero-order valence-electron chi connectivity index (χ0n) is 10.5. The Morgan fingerprint density at radius 1 is 1.37 bits per heavy atom. The van der Waals surface area contributed by atoms with Gasteiger partial charge in [-0.15, -0.1) is 0 Å². The predicted octanol–water partition coefficient (Wildman–Crippen LogP) is 1.81. The first-order chi connectivity index (χ1) is 9.11.